The van der Waals surface area contributed by atoms with Crippen LogP contribution in [0.5, 0.6) is 0 Å². The molecule has 3 saturated heterocycles. The summed E-state index contributed by atoms with van der Waals surface area (Å²) in [5, 5.41) is -2.61. The zero-order valence-electron chi connectivity index (χ0n) is 44.0. The van der Waals surface area contributed by atoms with E-state index in [0.29, 0.717) is 38.4 Å². The Morgan fingerprint density at radius 3 is 1.03 bits per heavy atom. The maximum Gasteiger partial charge on any atom is 0.336 e. The van der Waals surface area contributed by atoms with Crippen molar-refractivity contribution in [1.82, 2.24) is 0 Å². The zero-order chi connectivity index (χ0) is 47.8. The van der Waals surface area contributed by atoms with Crippen molar-refractivity contribution in [3.8, 4) is 0 Å². The third-order valence-electron chi connectivity index (χ3n) is 11.0. The van der Waals surface area contributed by atoms with Gasteiger partial charge in [-0.15, -0.1) is 0 Å². The summed E-state index contributed by atoms with van der Waals surface area (Å²) in [4.78, 5) is 16.0. The van der Waals surface area contributed by atoms with E-state index in [2.05, 4.69) is 118 Å². The molecular weight excluding hydrogens is 961 g/mol. The van der Waals surface area contributed by atoms with Gasteiger partial charge in [-0.25, -0.2) is 4.79 Å². The molecule has 3 aliphatic rings. The quantitative estimate of drug-likeness (QED) is 0.0306. The number of hydrogen-bond acceptors (Lipinski definition) is 11. The minimum atomic E-state index is -2.12. The molecule has 0 aromatic carbocycles. The molecule has 3 unspecified atom stereocenters. The van der Waals surface area contributed by atoms with Gasteiger partial charge in [0, 0.05) is 30.1 Å². The maximum atomic E-state index is 16.0. The number of carbonyl (C=O) groups is 1. The lowest BCUT2D eigenvalue weighted by atomic mass is 9.83. The highest BCUT2D eigenvalue weighted by Crippen LogP contribution is 2.50. The average Bonchev–Trinajstić information content (AvgIpc) is 3.07. The van der Waals surface area contributed by atoms with E-state index in [1.54, 1.807) is 0 Å². The summed E-state index contributed by atoms with van der Waals surface area (Å²) < 4.78 is 72.0. The van der Waals surface area contributed by atoms with Crippen molar-refractivity contribution in [2.75, 3.05) is 26.4 Å². The van der Waals surface area contributed by atoms with Crippen molar-refractivity contribution < 1.29 is 50.3 Å². The topological polar surface area (TPSA) is 109 Å². The van der Waals surface area contributed by atoms with E-state index in [-0.39, 0.29) is 5.97 Å². The third-order valence-corrected chi connectivity index (χ3v) is 26.3. The van der Waals surface area contributed by atoms with Gasteiger partial charge in [0.25, 0.3) is 0 Å². The second-order valence-corrected chi connectivity index (χ2v) is 58.8. The number of ether oxygens (including phenoxy) is 4. The summed E-state index contributed by atoms with van der Waals surface area (Å²) >= 11 is 0. The molecule has 21 heteroatoms. The van der Waals surface area contributed by atoms with E-state index in [9.17, 15) is 0 Å². The Bertz CT molecular complexity index is 1330. The van der Waals surface area contributed by atoms with E-state index >= 15 is 4.79 Å². The first-order chi connectivity index (χ1) is 28.7. The molecule has 0 amide bonds. The summed E-state index contributed by atoms with van der Waals surface area (Å²) in [6, 6.07) is 1.05. The summed E-state index contributed by atoms with van der Waals surface area (Å²) in [7, 11) is -16.3. The lowest BCUT2D eigenvalue weighted by molar-refractivity contribution is -0.143. The van der Waals surface area contributed by atoms with Crippen LogP contribution in [0, 0.1) is 0 Å². The Morgan fingerprint density at radius 1 is 0.492 bits per heavy atom. The van der Waals surface area contributed by atoms with Crippen molar-refractivity contribution in [2.45, 2.75) is 222 Å². The average molecular weight is 1060 g/mol. The van der Waals surface area contributed by atoms with E-state index in [4.69, 9.17) is 45.5 Å². The molecule has 0 radical (unpaired) electrons. The largest absolute Gasteiger partial charge is 0.462 e. The molecule has 0 aromatic rings. The van der Waals surface area contributed by atoms with Gasteiger partial charge in [0.15, 0.2) is 49.9 Å². The van der Waals surface area contributed by atoms with Gasteiger partial charge in [-0.1, -0.05) is 6.04 Å². The van der Waals surface area contributed by atoms with Crippen LogP contribution >= 0.6 is 0 Å². The Balaban J connectivity index is 2.69. The van der Waals surface area contributed by atoms with Gasteiger partial charge in [-0.3, -0.25) is 0 Å². The van der Waals surface area contributed by atoms with Crippen LogP contribution in [0.25, 0.3) is 0 Å². The second-order valence-electron chi connectivity index (χ2n) is 24.4. The van der Waals surface area contributed by atoms with Crippen molar-refractivity contribution in [3.05, 3.63) is 11.1 Å². The van der Waals surface area contributed by atoms with Crippen LogP contribution in [0.15, 0.2) is 11.1 Å². The molecule has 3 atom stereocenters. The number of carbonyl (C=O) groups excluding carboxylic acids is 1. The summed E-state index contributed by atoms with van der Waals surface area (Å²) in [5.74, 6) is -1.50. The normalized spacial score (nSPS) is 25.5. The van der Waals surface area contributed by atoms with Crippen LogP contribution in [0.3, 0.4) is 0 Å². The molecule has 0 spiro atoms. The van der Waals surface area contributed by atoms with Crippen molar-refractivity contribution in [2.24, 2.45) is 0 Å². The van der Waals surface area contributed by atoms with Crippen LogP contribution in [0.1, 0.15) is 64.2 Å². The predicted molar refractivity (Wildman–Crippen MR) is 289 cm³/mol. The molecule has 3 aliphatic heterocycles. The first-order valence-corrected chi connectivity index (χ1v) is 51.1. The van der Waals surface area contributed by atoms with Gasteiger partial charge < -0.3 is 45.5 Å². The van der Waals surface area contributed by atoms with Gasteiger partial charge in [0.05, 0.1) is 27.9 Å². The standard InChI is InChI=1S/C42H96O11Si10/c1-58(2,3)48-37(49-59(4,5)6)55-40(26-19-22-30-45-40)34(36(43)44-29-25-33-54)35(41(27-20-23-31-46-41)56-38(50-60(7,8)9)51-61(10,11)12)42(28-21-24-32-47-42)57-39(52-62(13,14)15)53-63(16,17)18/h37-39H,19-33,55-57H2,1-18,54H3. The SMILES string of the molecule is C[Si](C)(C)OC(O[Si](C)(C)C)[SiH2]C1(C(C(=O)OCCC[SiH3])=C(C2([SiH2]C(O[Si](C)(C)C)O[Si](C)(C)C)CCCCO2)C2([SiH2]C(O[Si](C)(C)C)O[Si](C)(C)C)CCCCO2)CCCCO1. The van der Waals surface area contributed by atoms with Crippen LogP contribution in [-0.2, 0) is 50.3 Å². The highest BCUT2D eigenvalue weighted by molar-refractivity contribution is 6.73. The highest BCUT2D eigenvalue weighted by atomic mass is 28.4. The first-order valence-electron chi connectivity index (χ1n) is 24.6. The smallest absolute Gasteiger partial charge is 0.336 e. The Labute approximate surface area is 401 Å². The molecule has 63 heavy (non-hydrogen) atoms. The Kier molecular flexibility index (Phi) is 22.0. The molecule has 0 aliphatic carbocycles. The maximum absolute atomic E-state index is 16.0. The molecule has 0 N–H and O–H groups in total. The molecule has 11 nitrogen and oxygen atoms in total. The lowest BCUT2D eigenvalue weighted by Crippen LogP contribution is -2.65. The van der Waals surface area contributed by atoms with Crippen molar-refractivity contribution >= 4 is 94.7 Å². The minimum Gasteiger partial charge on any atom is -0.462 e. The van der Waals surface area contributed by atoms with Gasteiger partial charge in [0.2, 0.25) is 0 Å². The number of hydrogen-bond donors (Lipinski definition) is 0. The summed E-state index contributed by atoms with van der Waals surface area (Å²) in [6.07, 6.45) is 8.77. The van der Waals surface area contributed by atoms with Gasteiger partial charge >= 0.3 is 5.97 Å². The van der Waals surface area contributed by atoms with Crippen molar-refractivity contribution in [3.63, 3.8) is 0 Å². The van der Waals surface area contributed by atoms with E-state index in [0.717, 1.165) is 79.6 Å². The zero-order valence-corrected chi connectivity index (χ0v) is 56.2. The molecule has 3 rings (SSSR count). The lowest BCUT2D eigenvalue weighted by Gasteiger charge is -2.54. The fourth-order valence-electron chi connectivity index (χ4n) is 9.20. The van der Waals surface area contributed by atoms with Crippen LogP contribution in [-0.4, -0.2) is 155 Å². The first kappa shape index (κ1) is 58.3. The van der Waals surface area contributed by atoms with E-state index < -0.39 is 112 Å². The second kappa shape index (κ2) is 23.8. The molecule has 0 aromatic heterocycles. The van der Waals surface area contributed by atoms with Crippen molar-refractivity contribution in [1.29, 1.82) is 0 Å². The monoisotopic (exact) mass is 1060 g/mol. The molecule has 370 valence electrons. The predicted octanol–water partition coefficient (Wildman–Crippen LogP) is 7.16. The summed E-state index contributed by atoms with van der Waals surface area (Å²) in [6.45, 7) is 42.6. The molecule has 0 bridgehead atoms. The van der Waals surface area contributed by atoms with Gasteiger partial charge in [-0.05, 0) is 188 Å². The fourth-order valence-corrected chi connectivity index (χ4v) is 31.7. The highest BCUT2D eigenvalue weighted by Gasteiger charge is 2.59. The fraction of sp³-hybridized carbons (Fsp3) is 0.929. The van der Waals surface area contributed by atoms with E-state index in [1.807, 2.05) is 0 Å². The molecule has 0 saturated carbocycles. The summed E-state index contributed by atoms with van der Waals surface area (Å²) in [5.41, 5.74) is 1.65. The molecule has 3 heterocycles. The number of esters is 1. The van der Waals surface area contributed by atoms with Crippen LogP contribution in [0.4, 0.5) is 0 Å². The van der Waals surface area contributed by atoms with Gasteiger partial charge in [-0.2, -0.15) is 0 Å². The van der Waals surface area contributed by atoms with E-state index in [1.165, 1.54) is 0 Å². The van der Waals surface area contributed by atoms with Gasteiger partial charge in [0.1, 0.15) is 46.3 Å². The van der Waals surface area contributed by atoms with Crippen LogP contribution in [0.2, 0.25) is 124 Å². The Hall–Kier alpha value is 1.02. The van der Waals surface area contributed by atoms with Crippen LogP contribution < -0.4 is 0 Å². The Morgan fingerprint density at radius 2 is 0.778 bits per heavy atom. The molecule has 3 fully saturated rings. The minimum absolute atomic E-state index is 0.276. The number of rotatable bonds is 25. The molecular formula is C42H96O11Si10. The third kappa shape index (κ3) is 20.5.